The molecule has 1 aromatic heterocycles. The summed E-state index contributed by atoms with van der Waals surface area (Å²) in [5.74, 6) is -1.87. The lowest BCUT2D eigenvalue weighted by molar-refractivity contribution is -0.138. The second kappa shape index (κ2) is 7.32. The van der Waals surface area contributed by atoms with Crippen molar-refractivity contribution in [2.24, 2.45) is 0 Å². The number of carbonyl (C=O) groups excluding carboxylic acids is 3. The Morgan fingerprint density at radius 1 is 1.08 bits per heavy atom. The molecule has 1 heterocycles. The number of anilines is 1. The van der Waals surface area contributed by atoms with Crippen LogP contribution in [-0.2, 0) is 23.8 Å². The molecule has 0 saturated heterocycles. The number of ether oxygens (including phenoxy) is 3. The van der Waals surface area contributed by atoms with Crippen LogP contribution in [0.5, 0.6) is 0 Å². The van der Waals surface area contributed by atoms with Crippen LogP contribution in [0.15, 0.2) is 36.2 Å². The van der Waals surface area contributed by atoms with Crippen molar-refractivity contribution in [3.05, 3.63) is 41.7 Å². The van der Waals surface area contributed by atoms with Crippen LogP contribution in [-0.4, -0.2) is 44.2 Å². The van der Waals surface area contributed by atoms with Gasteiger partial charge in [-0.2, -0.15) is 0 Å². The average Bonchev–Trinajstić information content (AvgIpc) is 3.02. The molecule has 2 aromatic rings. The predicted molar refractivity (Wildman–Crippen MR) is 85.4 cm³/mol. The van der Waals surface area contributed by atoms with Crippen molar-refractivity contribution in [1.82, 2.24) is 4.98 Å². The molecule has 0 aliphatic heterocycles. The Morgan fingerprint density at radius 3 is 2.46 bits per heavy atom. The van der Waals surface area contributed by atoms with Gasteiger partial charge in [-0.3, -0.25) is 0 Å². The zero-order chi connectivity index (χ0) is 17.7. The van der Waals surface area contributed by atoms with Crippen LogP contribution < -0.4 is 5.32 Å². The van der Waals surface area contributed by atoms with Crippen molar-refractivity contribution in [1.29, 1.82) is 0 Å². The van der Waals surface area contributed by atoms with Gasteiger partial charge < -0.3 is 24.5 Å². The molecular formula is C16H16N2O6. The molecule has 2 rings (SSSR count). The summed E-state index contributed by atoms with van der Waals surface area (Å²) in [4.78, 5) is 37.7. The minimum atomic E-state index is -0.720. The standard InChI is InChI=1S/C16H16N2O6/c1-22-14(19)7-13(16(21)24-3)18-9-4-5-10-11(15(20)23-2)8-17-12(10)6-9/h4-8,17-18H,1-3H3/b13-7+. The van der Waals surface area contributed by atoms with E-state index in [0.717, 1.165) is 6.08 Å². The highest BCUT2D eigenvalue weighted by Crippen LogP contribution is 2.23. The molecule has 0 bridgehead atoms. The topological polar surface area (TPSA) is 107 Å². The highest BCUT2D eigenvalue weighted by molar-refractivity contribution is 6.05. The Hall–Kier alpha value is -3.29. The number of hydrogen-bond donors (Lipinski definition) is 2. The van der Waals surface area contributed by atoms with E-state index in [-0.39, 0.29) is 5.70 Å². The zero-order valence-corrected chi connectivity index (χ0v) is 13.3. The van der Waals surface area contributed by atoms with Crippen molar-refractivity contribution < 1.29 is 28.6 Å². The second-order valence-electron chi connectivity index (χ2n) is 4.65. The molecule has 0 spiro atoms. The summed E-state index contributed by atoms with van der Waals surface area (Å²) < 4.78 is 13.8. The summed E-state index contributed by atoms with van der Waals surface area (Å²) in [6.45, 7) is 0. The molecule has 8 heteroatoms. The Balaban J connectivity index is 2.34. The van der Waals surface area contributed by atoms with E-state index in [2.05, 4.69) is 19.8 Å². The average molecular weight is 332 g/mol. The maximum Gasteiger partial charge on any atom is 0.354 e. The van der Waals surface area contributed by atoms with Gasteiger partial charge in [0.25, 0.3) is 0 Å². The fraction of sp³-hybridized carbons (Fsp3) is 0.188. The first-order valence-electron chi connectivity index (χ1n) is 6.84. The van der Waals surface area contributed by atoms with Gasteiger partial charge in [0.1, 0.15) is 5.70 Å². The second-order valence-corrected chi connectivity index (χ2v) is 4.65. The molecule has 1 aromatic carbocycles. The van der Waals surface area contributed by atoms with Crippen molar-refractivity contribution in [3.8, 4) is 0 Å². The Kier molecular flexibility index (Phi) is 5.20. The molecule has 2 N–H and O–H groups in total. The van der Waals surface area contributed by atoms with Gasteiger partial charge in [0.2, 0.25) is 0 Å². The highest BCUT2D eigenvalue weighted by Gasteiger charge is 2.15. The largest absolute Gasteiger partial charge is 0.466 e. The first-order valence-corrected chi connectivity index (χ1v) is 6.84. The maximum absolute atomic E-state index is 11.7. The molecule has 0 unspecified atom stereocenters. The SMILES string of the molecule is COC(=O)/C=C(/Nc1ccc2c(C(=O)OC)c[nH]c2c1)C(=O)OC. The van der Waals surface area contributed by atoms with E-state index in [1.54, 1.807) is 18.2 Å². The summed E-state index contributed by atoms with van der Waals surface area (Å²) in [6, 6.07) is 5.01. The number of fused-ring (bicyclic) bond motifs is 1. The minimum Gasteiger partial charge on any atom is -0.466 e. The number of aromatic amines is 1. The summed E-state index contributed by atoms with van der Waals surface area (Å²) in [7, 11) is 3.70. The van der Waals surface area contributed by atoms with Gasteiger partial charge in [-0.1, -0.05) is 0 Å². The summed E-state index contributed by atoms with van der Waals surface area (Å²) in [5.41, 5.74) is 1.49. The molecule has 0 aliphatic rings. The van der Waals surface area contributed by atoms with E-state index >= 15 is 0 Å². The van der Waals surface area contributed by atoms with Crippen molar-refractivity contribution >= 4 is 34.5 Å². The number of carbonyl (C=O) groups is 3. The first kappa shape index (κ1) is 17.1. The monoisotopic (exact) mass is 332 g/mol. The Morgan fingerprint density at radius 2 is 1.83 bits per heavy atom. The molecule has 0 fully saturated rings. The molecule has 0 saturated carbocycles. The summed E-state index contributed by atoms with van der Waals surface area (Å²) in [6.07, 6.45) is 2.52. The molecular weight excluding hydrogens is 316 g/mol. The van der Waals surface area contributed by atoms with Gasteiger partial charge in [-0.05, 0) is 18.2 Å². The van der Waals surface area contributed by atoms with Gasteiger partial charge in [0.05, 0.1) is 33.0 Å². The predicted octanol–water partition coefficient (Wildman–Crippen LogP) is 1.60. The number of esters is 3. The molecule has 0 aliphatic carbocycles. The number of H-pyrrole nitrogens is 1. The fourth-order valence-corrected chi connectivity index (χ4v) is 2.07. The third-order valence-corrected chi connectivity index (χ3v) is 3.23. The lowest BCUT2D eigenvalue weighted by atomic mass is 10.1. The third kappa shape index (κ3) is 3.54. The number of methoxy groups -OCH3 is 3. The number of aromatic nitrogens is 1. The van der Waals surface area contributed by atoms with E-state index in [0.29, 0.717) is 22.2 Å². The van der Waals surface area contributed by atoms with E-state index in [4.69, 9.17) is 4.74 Å². The smallest absolute Gasteiger partial charge is 0.354 e. The number of rotatable bonds is 5. The Labute approximate surface area is 137 Å². The fourth-order valence-electron chi connectivity index (χ4n) is 2.07. The highest BCUT2D eigenvalue weighted by atomic mass is 16.5. The molecule has 0 amide bonds. The lowest BCUT2D eigenvalue weighted by Crippen LogP contribution is -2.15. The van der Waals surface area contributed by atoms with Crippen molar-refractivity contribution in [2.75, 3.05) is 26.6 Å². The number of benzene rings is 1. The molecule has 126 valence electrons. The normalized spacial score (nSPS) is 11.0. The van der Waals surface area contributed by atoms with Crippen LogP contribution in [0.2, 0.25) is 0 Å². The van der Waals surface area contributed by atoms with Crippen molar-refractivity contribution in [2.45, 2.75) is 0 Å². The van der Waals surface area contributed by atoms with Gasteiger partial charge in [-0.15, -0.1) is 0 Å². The van der Waals surface area contributed by atoms with Gasteiger partial charge >= 0.3 is 17.9 Å². The molecule has 0 atom stereocenters. The van der Waals surface area contributed by atoms with E-state index in [9.17, 15) is 14.4 Å². The van der Waals surface area contributed by atoms with E-state index < -0.39 is 17.9 Å². The van der Waals surface area contributed by atoms with Crippen LogP contribution in [0.3, 0.4) is 0 Å². The number of hydrogen-bond acceptors (Lipinski definition) is 7. The van der Waals surface area contributed by atoms with Gasteiger partial charge in [0.15, 0.2) is 0 Å². The van der Waals surface area contributed by atoms with Crippen LogP contribution in [0.25, 0.3) is 10.9 Å². The molecule has 8 nitrogen and oxygen atoms in total. The third-order valence-electron chi connectivity index (χ3n) is 3.23. The molecule has 24 heavy (non-hydrogen) atoms. The number of nitrogens with one attached hydrogen (secondary N) is 2. The Bertz CT molecular complexity index is 821. The maximum atomic E-state index is 11.7. The van der Waals surface area contributed by atoms with Crippen LogP contribution >= 0.6 is 0 Å². The quantitative estimate of drug-likeness (QED) is 0.486. The van der Waals surface area contributed by atoms with E-state index in [1.807, 2.05) is 0 Å². The zero-order valence-electron chi connectivity index (χ0n) is 13.3. The summed E-state index contributed by atoms with van der Waals surface area (Å²) in [5, 5.41) is 3.46. The van der Waals surface area contributed by atoms with Gasteiger partial charge in [0, 0.05) is 22.8 Å². The van der Waals surface area contributed by atoms with Crippen LogP contribution in [0, 0.1) is 0 Å². The molecule has 0 radical (unpaired) electrons. The summed E-state index contributed by atoms with van der Waals surface area (Å²) >= 11 is 0. The first-order chi connectivity index (χ1) is 11.5. The minimum absolute atomic E-state index is 0.0801. The lowest BCUT2D eigenvalue weighted by Gasteiger charge is -2.09. The van der Waals surface area contributed by atoms with E-state index in [1.165, 1.54) is 27.5 Å². The van der Waals surface area contributed by atoms with Gasteiger partial charge in [-0.25, -0.2) is 14.4 Å². The van der Waals surface area contributed by atoms with Crippen LogP contribution in [0.1, 0.15) is 10.4 Å². The van der Waals surface area contributed by atoms with Crippen LogP contribution in [0.4, 0.5) is 5.69 Å². The van der Waals surface area contributed by atoms with Crippen molar-refractivity contribution in [3.63, 3.8) is 0 Å².